The Kier molecular flexibility index (Phi) is 5.69. The van der Waals surface area contributed by atoms with Gasteiger partial charge in [-0.05, 0) is 39.0 Å². The van der Waals surface area contributed by atoms with Gasteiger partial charge in [0.15, 0.2) is 0 Å². The van der Waals surface area contributed by atoms with Gasteiger partial charge in [0.1, 0.15) is 11.6 Å². The van der Waals surface area contributed by atoms with Crippen LogP contribution in [0.1, 0.15) is 41.5 Å². The summed E-state index contributed by atoms with van der Waals surface area (Å²) in [4.78, 5) is 37.4. The van der Waals surface area contributed by atoms with Crippen molar-refractivity contribution >= 4 is 29.4 Å². The standard InChI is InChI=1S/C17H21ClN2O5/c1-17(2,3)25-16(24)11-5-4-10(8-12(11)18)14(21)20-7-6-19-9-13(20)15(22)23/h4-5,8,13,19H,6-7,9H2,1-3H3,(H,22,23). The lowest BCUT2D eigenvalue weighted by atomic mass is 10.1. The summed E-state index contributed by atoms with van der Waals surface area (Å²) in [7, 11) is 0. The third kappa shape index (κ3) is 4.70. The van der Waals surface area contributed by atoms with Crippen LogP contribution in [0.2, 0.25) is 5.02 Å². The molecule has 0 aliphatic carbocycles. The number of benzene rings is 1. The molecule has 2 rings (SSSR count). The van der Waals surface area contributed by atoms with Crippen LogP contribution < -0.4 is 5.32 Å². The van der Waals surface area contributed by atoms with Crippen molar-refractivity contribution in [1.29, 1.82) is 0 Å². The Labute approximate surface area is 150 Å². The van der Waals surface area contributed by atoms with Gasteiger partial charge in [0.05, 0.1) is 10.6 Å². The fourth-order valence-corrected chi connectivity index (χ4v) is 2.74. The van der Waals surface area contributed by atoms with Crippen molar-refractivity contribution in [2.45, 2.75) is 32.4 Å². The van der Waals surface area contributed by atoms with E-state index >= 15 is 0 Å². The van der Waals surface area contributed by atoms with Crippen molar-refractivity contribution < 1.29 is 24.2 Å². The number of halogens is 1. The summed E-state index contributed by atoms with van der Waals surface area (Å²) in [6.07, 6.45) is 0. The van der Waals surface area contributed by atoms with Gasteiger partial charge in [-0.2, -0.15) is 0 Å². The van der Waals surface area contributed by atoms with Gasteiger partial charge in [-0.3, -0.25) is 4.79 Å². The molecule has 1 amide bonds. The van der Waals surface area contributed by atoms with Gasteiger partial charge in [-0.15, -0.1) is 0 Å². The second-order valence-electron chi connectivity index (χ2n) is 6.75. The van der Waals surface area contributed by atoms with Crippen molar-refractivity contribution in [3.05, 3.63) is 34.3 Å². The molecule has 1 atom stereocenters. The zero-order valence-corrected chi connectivity index (χ0v) is 15.1. The third-order valence-corrected chi connectivity index (χ3v) is 3.94. The Morgan fingerprint density at radius 1 is 1.32 bits per heavy atom. The first-order valence-electron chi connectivity index (χ1n) is 7.87. The lowest BCUT2D eigenvalue weighted by molar-refractivity contribution is -0.142. The van der Waals surface area contributed by atoms with Crippen LogP contribution in [0, 0.1) is 0 Å². The molecule has 8 heteroatoms. The minimum absolute atomic E-state index is 0.0853. The predicted molar refractivity (Wildman–Crippen MR) is 92.0 cm³/mol. The SMILES string of the molecule is CC(C)(C)OC(=O)c1ccc(C(=O)N2CCNCC2C(=O)O)cc1Cl. The van der Waals surface area contributed by atoms with E-state index in [1.165, 1.54) is 23.1 Å². The largest absolute Gasteiger partial charge is 0.480 e. The smallest absolute Gasteiger partial charge is 0.340 e. The Bertz CT molecular complexity index is 699. The maximum absolute atomic E-state index is 12.6. The zero-order valence-electron chi connectivity index (χ0n) is 14.3. The van der Waals surface area contributed by atoms with Crippen molar-refractivity contribution in [2.75, 3.05) is 19.6 Å². The normalized spacial score (nSPS) is 17.9. The number of nitrogens with one attached hydrogen (secondary N) is 1. The number of ether oxygens (including phenoxy) is 1. The maximum atomic E-state index is 12.6. The zero-order chi connectivity index (χ0) is 18.8. The molecule has 25 heavy (non-hydrogen) atoms. The highest BCUT2D eigenvalue weighted by atomic mass is 35.5. The molecule has 2 N–H and O–H groups in total. The topological polar surface area (TPSA) is 95.9 Å². The minimum Gasteiger partial charge on any atom is -0.480 e. The summed E-state index contributed by atoms with van der Waals surface area (Å²) in [5.74, 6) is -2.09. The van der Waals surface area contributed by atoms with Gasteiger partial charge < -0.3 is 20.1 Å². The Morgan fingerprint density at radius 3 is 2.56 bits per heavy atom. The van der Waals surface area contributed by atoms with Crippen LogP contribution in [0.4, 0.5) is 0 Å². The molecule has 1 aromatic carbocycles. The summed E-state index contributed by atoms with van der Waals surface area (Å²) in [5.41, 5.74) is -0.279. The average Bonchev–Trinajstić information content (AvgIpc) is 2.52. The number of aliphatic carboxylic acids is 1. The van der Waals surface area contributed by atoms with E-state index < -0.39 is 29.5 Å². The van der Waals surface area contributed by atoms with Crippen LogP contribution in [0.15, 0.2) is 18.2 Å². The van der Waals surface area contributed by atoms with Gasteiger partial charge in [0, 0.05) is 25.2 Å². The Morgan fingerprint density at radius 2 is 2.00 bits per heavy atom. The van der Waals surface area contributed by atoms with Crippen molar-refractivity contribution in [3.8, 4) is 0 Å². The quantitative estimate of drug-likeness (QED) is 0.790. The average molecular weight is 369 g/mol. The van der Waals surface area contributed by atoms with Gasteiger partial charge in [-0.25, -0.2) is 9.59 Å². The fourth-order valence-electron chi connectivity index (χ4n) is 2.48. The second-order valence-corrected chi connectivity index (χ2v) is 7.16. The molecule has 0 aromatic heterocycles. The number of hydrogen-bond acceptors (Lipinski definition) is 5. The summed E-state index contributed by atoms with van der Waals surface area (Å²) < 4.78 is 5.27. The van der Waals surface area contributed by atoms with E-state index in [0.717, 1.165) is 0 Å². The first kappa shape index (κ1) is 19.2. The molecule has 0 bridgehead atoms. The Balaban J connectivity index is 2.23. The van der Waals surface area contributed by atoms with E-state index in [0.29, 0.717) is 6.54 Å². The number of carbonyl (C=O) groups is 3. The van der Waals surface area contributed by atoms with Gasteiger partial charge in [-0.1, -0.05) is 11.6 Å². The monoisotopic (exact) mass is 368 g/mol. The molecule has 1 aromatic rings. The van der Waals surface area contributed by atoms with E-state index in [1.54, 1.807) is 20.8 Å². The molecule has 0 spiro atoms. The number of esters is 1. The molecular weight excluding hydrogens is 348 g/mol. The summed E-state index contributed by atoms with van der Waals surface area (Å²) >= 11 is 6.13. The van der Waals surface area contributed by atoms with Crippen LogP contribution in [0.5, 0.6) is 0 Å². The summed E-state index contributed by atoms with van der Waals surface area (Å²) in [5, 5.41) is 12.3. The number of piperazine rings is 1. The van der Waals surface area contributed by atoms with E-state index in [-0.39, 0.29) is 29.2 Å². The number of amides is 1. The van der Waals surface area contributed by atoms with Crippen LogP contribution >= 0.6 is 11.6 Å². The van der Waals surface area contributed by atoms with Gasteiger partial charge in [0.2, 0.25) is 0 Å². The molecule has 1 unspecified atom stereocenters. The van der Waals surface area contributed by atoms with E-state index in [1.807, 2.05) is 0 Å². The first-order valence-corrected chi connectivity index (χ1v) is 8.25. The highest BCUT2D eigenvalue weighted by molar-refractivity contribution is 6.34. The molecule has 1 aliphatic rings. The van der Waals surface area contributed by atoms with Gasteiger partial charge in [0.25, 0.3) is 5.91 Å². The lowest BCUT2D eigenvalue weighted by Crippen LogP contribution is -2.56. The number of carboxylic acids is 1. The summed E-state index contributed by atoms with van der Waals surface area (Å²) in [6, 6.07) is 3.30. The van der Waals surface area contributed by atoms with E-state index in [9.17, 15) is 19.5 Å². The minimum atomic E-state index is -1.07. The number of hydrogen-bond donors (Lipinski definition) is 2. The molecule has 0 saturated carbocycles. The van der Waals surface area contributed by atoms with E-state index in [4.69, 9.17) is 16.3 Å². The molecule has 1 fully saturated rings. The highest BCUT2D eigenvalue weighted by Gasteiger charge is 2.32. The lowest BCUT2D eigenvalue weighted by Gasteiger charge is -2.33. The van der Waals surface area contributed by atoms with Crippen LogP contribution in [0.25, 0.3) is 0 Å². The number of carboxylic acid groups (broad SMARTS) is 1. The number of nitrogens with zero attached hydrogens (tertiary/aromatic N) is 1. The van der Waals surface area contributed by atoms with Crippen molar-refractivity contribution in [3.63, 3.8) is 0 Å². The van der Waals surface area contributed by atoms with Crippen molar-refractivity contribution in [1.82, 2.24) is 10.2 Å². The highest BCUT2D eigenvalue weighted by Crippen LogP contribution is 2.23. The molecule has 136 valence electrons. The number of carbonyl (C=O) groups excluding carboxylic acids is 2. The molecule has 0 radical (unpaired) electrons. The molecule has 7 nitrogen and oxygen atoms in total. The Hall–Kier alpha value is -2.12. The third-order valence-electron chi connectivity index (χ3n) is 3.62. The second kappa shape index (κ2) is 7.41. The maximum Gasteiger partial charge on any atom is 0.340 e. The van der Waals surface area contributed by atoms with Crippen LogP contribution in [-0.2, 0) is 9.53 Å². The first-order chi connectivity index (χ1) is 11.6. The number of rotatable bonds is 3. The fraction of sp³-hybridized carbons (Fsp3) is 0.471. The van der Waals surface area contributed by atoms with Crippen LogP contribution in [-0.4, -0.2) is 59.1 Å². The van der Waals surface area contributed by atoms with Crippen molar-refractivity contribution in [2.24, 2.45) is 0 Å². The summed E-state index contributed by atoms with van der Waals surface area (Å²) in [6.45, 7) is 6.21. The molecule has 1 heterocycles. The van der Waals surface area contributed by atoms with Gasteiger partial charge >= 0.3 is 11.9 Å². The molecular formula is C17H21ClN2O5. The van der Waals surface area contributed by atoms with Crippen LogP contribution in [0.3, 0.4) is 0 Å². The van der Waals surface area contributed by atoms with E-state index in [2.05, 4.69) is 5.32 Å². The predicted octanol–water partition coefficient (Wildman–Crippen LogP) is 1.79. The molecule has 1 saturated heterocycles. The molecule has 1 aliphatic heterocycles.